The standard InChI is InChI=1S/C14H23N5O/c15-13-12(9-16-17-13)14(20)19-7-3-11(4-8-19)10-18-5-1-2-6-18/h9,11H,1-8,10H2,(H3,15,16,17). The molecule has 1 amide bonds. The van der Waals surface area contributed by atoms with Gasteiger partial charge in [-0.15, -0.1) is 0 Å². The van der Waals surface area contributed by atoms with Gasteiger partial charge < -0.3 is 15.5 Å². The van der Waals surface area contributed by atoms with Crippen molar-refractivity contribution < 1.29 is 4.79 Å². The fraction of sp³-hybridized carbons (Fsp3) is 0.714. The van der Waals surface area contributed by atoms with E-state index in [0.717, 1.165) is 31.8 Å². The van der Waals surface area contributed by atoms with Crippen molar-refractivity contribution in [3.05, 3.63) is 11.8 Å². The van der Waals surface area contributed by atoms with Gasteiger partial charge in [0, 0.05) is 19.6 Å². The lowest BCUT2D eigenvalue weighted by molar-refractivity contribution is 0.0674. The molecule has 0 aliphatic carbocycles. The number of anilines is 1. The Bertz CT molecular complexity index is 458. The molecule has 0 radical (unpaired) electrons. The topological polar surface area (TPSA) is 78.2 Å². The number of hydrogen-bond donors (Lipinski definition) is 2. The van der Waals surface area contributed by atoms with E-state index in [1.165, 1.54) is 38.7 Å². The average Bonchev–Trinajstić information content (AvgIpc) is 3.10. The van der Waals surface area contributed by atoms with Gasteiger partial charge in [-0.25, -0.2) is 0 Å². The molecule has 1 aromatic heterocycles. The van der Waals surface area contributed by atoms with Crippen molar-refractivity contribution in [2.45, 2.75) is 25.7 Å². The number of likely N-dealkylation sites (tertiary alicyclic amines) is 2. The molecule has 0 saturated carbocycles. The summed E-state index contributed by atoms with van der Waals surface area (Å²) >= 11 is 0. The zero-order chi connectivity index (χ0) is 13.9. The number of nitrogen functional groups attached to an aromatic ring is 1. The van der Waals surface area contributed by atoms with Gasteiger partial charge in [-0.1, -0.05) is 0 Å². The Morgan fingerprint density at radius 2 is 2.00 bits per heavy atom. The van der Waals surface area contributed by atoms with Crippen molar-refractivity contribution in [2.24, 2.45) is 5.92 Å². The van der Waals surface area contributed by atoms with Crippen LogP contribution in [0.3, 0.4) is 0 Å². The molecule has 2 aliphatic heterocycles. The van der Waals surface area contributed by atoms with E-state index >= 15 is 0 Å². The van der Waals surface area contributed by atoms with Gasteiger partial charge in [-0.05, 0) is 44.7 Å². The van der Waals surface area contributed by atoms with Gasteiger partial charge in [0.25, 0.3) is 5.91 Å². The molecule has 6 heteroatoms. The zero-order valence-corrected chi connectivity index (χ0v) is 11.8. The number of aromatic amines is 1. The van der Waals surface area contributed by atoms with Crippen molar-refractivity contribution in [2.75, 3.05) is 38.5 Å². The van der Waals surface area contributed by atoms with E-state index in [0.29, 0.717) is 11.4 Å². The minimum Gasteiger partial charge on any atom is -0.383 e. The number of nitrogens with two attached hydrogens (primary N) is 1. The number of hydrogen-bond acceptors (Lipinski definition) is 4. The van der Waals surface area contributed by atoms with Crippen molar-refractivity contribution in [3.8, 4) is 0 Å². The Kier molecular flexibility index (Phi) is 3.91. The van der Waals surface area contributed by atoms with Crippen molar-refractivity contribution in [3.63, 3.8) is 0 Å². The maximum Gasteiger partial charge on any atom is 0.259 e. The second-order valence-electron chi connectivity index (χ2n) is 5.94. The number of nitrogens with one attached hydrogen (secondary N) is 1. The number of rotatable bonds is 3. The number of carbonyl (C=O) groups is 1. The summed E-state index contributed by atoms with van der Waals surface area (Å²) in [4.78, 5) is 16.8. The molecule has 2 saturated heterocycles. The molecule has 6 nitrogen and oxygen atoms in total. The molecular formula is C14H23N5O. The average molecular weight is 277 g/mol. The third-order valence-corrected chi connectivity index (χ3v) is 4.52. The summed E-state index contributed by atoms with van der Waals surface area (Å²) in [7, 11) is 0. The quantitative estimate of drug-likeness (QED) is 0.862. The molecule has 110 valence electrons. The van der Waals surface area contributed by atoms with Gasteiger partial charge in [0.2, 0.25) is 0 Å². The second kappa shape index (κ2) is 5.83. The predicted octanol–water partition coefficient (Wildman–Crippen LogP) is 0.940. The van der Waals surface area contributed by atoms with Crippen LogP contribution in [0, 0.1) is 5.92 Å². The Balaban J connectivity index is 1.50. The highest BCUT2D eigenvalue weighted by atomic mass is 16.2. The van der Waals surface area contributed by atoms with Gasteiger partial charge in [0.1, 0.15) is 11.4 Å². The number of H-pyrrole nitrogens is 1. The molecule has 20 heavy (non-hydrogen) atoms. The van der Waals surface area contributed by atoms with Crippen molar-refractivity contribution in [1.82, 2.24) is 20.0 Å². The molecule has 3 rings (SSSR count). The summed E-state index contributed by atoms with van der Waals surface area (Å²) in [5.74, 6) is 1.11. The summed E-state index contributed by atoms with van der Waals surface area (Å²) in [5.41, 5.74) is 6.21. The number of aromatic nitrogens is 2. The van der Waals surface area contributed by atoms with Crippen LogP contribution in [0.2, 0.25) is 0 Å². The summed E-state index contributed by atoms with van der Waals surface area (Å²) in [6.45, 7) is 5.38. The van der Waals surface area contributed by atoms with Crippen LogP contribution in [0.5, 0.6) is 0 Å². The lowest BCUT2D eigenvalue weighted by atomic mass is 9.96. The minimum absolute atomic E-state index is 0.0101. The van der Waals surface area contributed by atoms with Crippen molar-refractivity contribution >= 4 is 11.7 Å². The van der Waals surface area contributed by atoms with Gasteiger partial charge in [0.15, 0.2) is 0 Å². The largest absolute Gasteiger partial charge is 0.383 e. The summed E-state index contributed by atoms with van der Waals surface area (Å²) in [6, 6.07) is 0. The van der Waals surface area contributed by atoms with Crippen LogP contribution in [-0.4, -0.2) is 58.6 Å². The van der Waals surface area contributed by atoms with E-state index in [1.54, 1.807) is 0 Å². The molecule has 0 unspecified atom stereocenters. The fourth-order valence-electron chi connectivity index (χ4n) is 3.29. The van der Waals surface area contributed by atoms with Crippen LogP contribution in [0.15, 0.2) is 6.20 Å². The first-order chi connectivity index (χ1) is 9.74. The normalized spacial score (nSPS) is 21.5. The molecule has 3 N–H and O–H groups in total. The SMILES string of the molecule is Nc1[nH]ncc1C(=O)N1CCC(CN2CCCC2)CC1. The van der Waals surface area contributed by atoms with E-state index in [-0.39, 0.29) is 5.91 Å². The van der Waals surface area contributed by atoms with Gasteiger partial charge in [-0.3, -0.25) is 9.89 Å². The third kappa shape index (κ3) is 2.80. The minimum atomic E-state index is 0.0101. The lowest BCUT2D eigenvalue weighted by Crippen LogP contribution is -2.41. The Hall–Kier alpha value is -1.56. The van der Waals surface area contributed by atoms with Crippen LogP contribution < -0.4 is 5.73 Å². The number of carbonyl (C=O) groups excluding carboxylic acids is 1. The Labute approximate surface area is 119 Å². The predicted molar refractivity (Wildman–Crippen MR) is 77.3 cm³/mol. The maximum absolute atomic E-state index is 12.3. The first-order valence-corrected chi connectivity index (χ1v) is 7.54. The maximum atomic E-state index is 12.3. The first-order valence-electron chi connectivity index (χ1n) is 7.54. The molecule has 2 fully saturated rings. The van der Waals surface area contributed by atoms with E-state index < -0.39 is 0 Å². The van der Waals surface area contributed by atoms with Crippen LogP contribution >= 0.6 is 0 Å². The van der Waals surface area contributed by atoms with Crippen LogP contribution in [0.25, 0.3) is 0 Å². The van der Waals surface area contributed by atoms with E-state index in [9.17, 15) is 4.79 Å². The molecule has 3 heterocycles. The van der Waals surface area contributed by atoms with E-state index in [1.807, 2.05) is 4.90 Å². The molecule has 0 bridgehead atoms. The van der Waals surface area contributed by atoms with Gasteiger partial charge >= 0.3 is 0 Å². The molecular weight excluding hydrogens is 254 g/mol. The molecule has 2 aliphatic rings. The zero-order valence-electron chi connectivity index (χ0n) is 11.8. The summed E-state index contributed by atoms with van der Waals surface area (Å²) in [6.07, 6.45) is 6.40. The van der Waals surface area contributed by atoms with E-state index in [2.05, 4.69) is 15.1 Å². The Morgan fingerprint density at radius 3 is 2.60 bits per heavy atom. The van der Waals surface area contributed by atoms with E-state index in [4.69, 9.17) is 5.73 Å². The van der Waals surface area contributed by atoms with Gasteiger partial charge in [0.05, 0.1) is 6.20 Å². The van der Waals surface area contributed by atoms with Crippen LogP contribution in [0.1, 0.15) is 36.0 Å². The first kappa shape index (κ1) is 13.4. The highest BCUT2D eigenvalue weighted by molar-refractivity contribution is 5.98. The monoisotopic (exact) mass is 277 g/mol. The number of amides is 1. The molecule has 0 atom stereocenters. The number of nitrogens with zero attached hydrogens (tertiary/aromatic N) is 3. The third-order valence-electron chi connectivity index (χ3n) is 4.52. The number of piperidine rings is 1. The molecule has 0 aromatic carbocycles. The summed E-state index contributed by atoms with van der Waals surface area (Å²) < 4.78 is 0. The fourth-order valence-corrected chi connectivity index (χ4v) is 3.29. The van der Waals surface area contributed by atoms with Crippen LogP contribution in [-0.2, 0) is 0 Å². The Morgan fingerprint density at radius 1 is 1.30 bits per heavy atom. The van der Waals surface area contributed by atoms with Crippen molar-refractivity contribution in [1.29, 1.82) is 0 Å². The second-order valence-corrected chi connectivity index (χ2v) is 5.94. The van der Waals surface area contributed by atoms with Crippen LogP contribution in [0.4, 0.5) is 5.82 Å². The van der Waals surface area contributed by atoms with Gasteiger partial charge in [-0.2, -0.15) is 5.10 Å². The smallest absolute Gasteiger partial charge is 0.259 e. The lowest BCUT2D eigenvalue weighted by Gasteiger charge is -2.33. The molecule has 0 spiro atoms. The highest BCUT2D eigenvalue weighted by Crippen LogP contribution is 2.22. The highest BCUT2D eigenvalue weighted by Gasteiger charge is 2.27. The summed E-state index contributed by atoms with van der Waals surface area (Å²) in [5, 5.41) is 6.44. The molecule has 1 aromatic rings.